The number of nitrogens with zero attached hydrogens (tertiary/aromatic N) is 3. The van der Waals surface area contributed by atoms with E-state index in [1.54, 1.807) is 27.4 Å². The predicted molar refractivity (Wildman–Crippen MR) is 94.5 cm³/mol. The summed E-state index contributed by atoms with van der Waals surface area (Å²) in [6.45, 7) is 1.58. The molecule has 2 heterocycles. The molecule has 0 spiro atoms. The Labute approximate surface area is 152 Å². The van der Waals surface area contributed by atoms with Gasteiger partial charge in [0.25, 0.3) is 0 Å². The van der Waals surface area contributed by atoms with E-state index in [0.717, 1.165) is 25.8 Å². The zero-order chi connectivity index (χ0) is 18.5. The maximum atomic E-state index is 9.55. The van der Waals surface area contributed by atoms with Crippen LogP contribution in [0, 0.1) is 0 Å². The molecule has 1 aromatic heterocycles. The molecule has 0 saturated carbocycles. The number of aromatic nitrogens is 2. The fourth-order valence-electron chi connectivity index (χ4n) is 3.35. The van der Waals surface area contributed by atoms with E-state index in [9.17, 15) is 5.11 Å². The quantitative estimate of drug-likeness (QED) is 0.800. The van der Waals surface area contributed by atoms with E-state index in [1.165, 1.54) is 0 Å². The maximum absolute atomic E-state index is 9.55. The number of hydrogen-bond acceptors (Lipinski definition) is 8. The second-order valence-corrected chi connectivity index (χ2v) is 6.20. The lowest BCUT2D eigenvalue weighted by atomic mass is 10.0. The third-order valence-corrected chi connectivity index (χ3v) is 4.71. The van der Waals surface area contributed by atoms with Crippen LogP contribution in [0.25, 0.3) is 11.4 Å². The lowest BCUT2D eigenvalue weighted by Gasteiger charge is -2.33. The van der Waals surface area contributed by atoms with E-state index in [-0.39, 0.29) is 12.6 Å². The monoisotopic (exact) mass is 363 g/mol. The fraction of sp³-hybridized carbons (Fsp3) is 0.556. The molecule has 26 heavy (non-hydrogen) atoms. The first kappa shape index (κ1) is 18.5. The Kier molecular flexibility index (Phi) is 5.95. The molecule has 2 aromatic rings. The van der Waals surface area contributed by atoms with Gasteiger partial charge in [0.15, 0.2) is 11.5 Å². The molecule has 0 aliphatic carbocycles. The lowest BCUT2D eigenvalue weighted by molar-refractivity contribution is 0.0749. The molecule has 1 aliphatic heterocycles. The van der Waals surface area contributed by atoms with Gasteiger partial charge in [-0.25, -0.2) is 0 Å². The summed E-state index contributed by atoms with van der Waals surface area (Å²) < 4.78 is 21.6. The normalized spacial score (nSPS) is 17.9. The third kappa shape index (κ3) is 3.61. The number of methoxy groups -OCH3 is 3. The van der Waals surface area contributed by atoms with Crippen molar-refractivity contribution in [2.45, 2.75) is 31.8 Å². The molecule has 0 radical (unpaired) electrons. The van der Waals surface area contributed by atoms with Gasteiger partial charge < -0.3 is 23.8 Å². The van der Waals surface area contributed by atoms with E-state index >= 15 is 0 Å². The predicted octanol–water partition coefficient (Wildman–Crippen LogP) is 2.11. The summed E-state index contributed by atoms with van der Waals surface area (Å²) >= 11 is 0. The van der Waals surface area contributed by atoms with Gasteiger partial charge in [0.1, 0.15) is 0 Å². The molecule has 8 nitrogen and oxygen atoms in total. The summed E-state index contributed by atoms with van der Waals surface area (Å²) in [6, 6.07) is 3.74. The van der Waals surface area contributed by atoms with Crippen molar-refractivity contribution in [3.8, 4) is 28.6 Å². The Bertz CT molecular complexity index is 734. The van der Waals surface area contributed by atoms with Crippen LogP contribution in [-0.4, -0.2) is 60.7 Å². The molecule has 0 bridgehead atoms. The summed E-state index contributed by atoms with van der Waals surface area (Å²) in [7, 11) is 4.68. The average Bonchev–Trinajstić information content (AvgIpc) is 3.15. The van der Waals surface area contributed by atoms with Gasteiger partial charge >= 0.3 is 0 Å². The molecule has 1 atom stereocenters. The van der Waals surface area contributed by atoms with Crippen molar-refractivity contribution in [1.29, 1.82) is 0 Å². The highest BCUT2D eigenvalue weighted by Crippen LogP contribution is 2.43. The SMILES string of the molecule is COc1ccc(-c2noc(CN3CCCC[C@H]3CO)n2)c(OC)c1OC. The van der Waals surface area contributed by atoms with Gasteiger partial charge in [-0.3, -0.25) is 4.90 Å². The lowest BCUT2D eigenvalue weighted by Crippen LogP contribution is -2.41. The molecule has 1 N–H and O–H groups in total. The van der Waals surface area contributed by atoms with Crippen molar-refractivity contribution in [2.24, 2.45) is 0 Å². The van der Waals surface area contributed by atoms with Crippen molar-refractivity contribution in [2.75, 3.05) is 34.5 Å². The summed E-state index contributed by atoms with van der Waals surface area (Å²) in [5.74, 6) is 2.48. The summed E-state index contributed by atoms with van der Waals surface area (Å²) in [4.78, 5) is 6.69. The van der Waals surface area contributed by atoms with E-state index in [0.29, 0.717) is 41.1 Å². The number of ether oxygens (including phenoxy) is 3. The molecule has 1 aromatic carbocycles. The highest BCUT2D eigenvalue weighted by atomic mass is 16.5. The van der Waals surface area contributed by atoms with Gasteiger partial charge in [0, 0.05) is 6.04 Å². The smallest absolute Gasteiger partial charge is 0.241 e. The van der Waals surface area contributed by atoms with Crippen molar-refractivity contribution in [1.82, 2.24) is 15.0 Å². The van der Waals surface area contributed by atoms with Crippen LogP contribution >= 0.6 is 0 Å². The Balaban J connectivity index is 1.85. The first-order valence-electron chi connectivity index (χ1n) is 8.68. The van der Waals surface area contributed by atoms with E-state index in [4.69, 9.17) is 18.7 Å². The van der Waals surface area contributed by atoms with Crippen molar-refractivity contribution < 1.29 is 23.8 Å². The number of aliphatic hydroxyl groups excluding tert-OH is 1. The van der Waals surface area contributed by atoms with Gasteiger partial charge in [-0.15, -0.1) is 0 Å². The minimum absolute atomic E-state index is 0.143. The molecule has 8 heteroatoms. The average molecular weight is 363 g/mol. The van der Waals surface area contributed by atoms with Gasteiger partial charge in [-0.1, -0.05) is 11.6 Å². The molecule has 0 unspecified atom stereocenters. The highest BCUT2D eigenvalue weighted by Gasteiger charge is 2.25. The number of benzene rings is 1. The molecular formula is C18H25N3O5. The van der Waals surface area contributed by atoms with Crippen LogP contribution in [0.15, 0.2) is 16.7 Å². The first-order valence-corrected chi connectivity index (χ1v) is 8.68. The van der Waals surface area contributed by atoms with Crippen LogP contribution in [0.2, 0.25) is 0 Å². The topological polar surface area (TPSA) is 90.1 Å². The second-order valence-electron chi connectivity index (χ2n) is 6.20. The highest BCUT2D eigenvalue weighted by molar-refractivity contribution is 5.71. The molecule has 1 saturated heterocycles. The molecule has 0 amide bonds. The van der Waals surface area contributed by atoms with Gasteiger partial charge in [-0.05, 0) is 31.5 Å². The first-order chi connectivity index (χ1) is 12.7. The van der Waals surface area contributed by atoms with Crippen LogP contribution in [0.4, 0.5) is 0 Å². The number of hydrogen-bond donors (Lipinski definition) is 1. The van der Waals surface area contributed by atoms with Crippen LogP contribution < -0.4 is 14.2 Å². The molecule has 1 aliphatic rings. The summed E-state index contributed by atoms with van der Waals surface area (Å²) in [5.41, 5.74) is 0.664. The maximum Gasteiger partial charge on any atom is 0.241 e. The van der Waals surface area contributed by atoms with E-state index in [2.05, 4.69) is 15.0 Å². The largest absolute Gasteiger partial charge is 0.493 e. The molecular weight excluding hydrogens is 338 g/mol. The van der Waals surface area contributed by atoms with Crippen molar-refractivity contribution in [3.63, 3.8) is 0 Å². The summed E-state index contributed by atoms with van der Waals surface area (Å²) in [6.07, 6.45) is 3.24. The minimum Gasteiger partial charge on any atom is -0.493 e. The Morgan fingerprint density at radius 1 is 1.15 bits per heavy atom. The number of piperidine rings is 1. The Hall–Kier alpha value is -2.32. The van der Waals surface area contributed by atoms with Crippen molar-refractivity contribution >= 4 is 0 Å². The standard InChI is InChI=1S/C18H25N3O5/c1-23-14-8-7-13(16(24-2)17(14)25-3)18-19-15(26-20-18)10-21-9-5-4-6-12(21)11-22/h7-8,12,22H,4-6,9-11H2,1-3H3/t12-/m0/s1. The van der Waals surface area contributed by atoms with Gasteiger partial charge in [0.2, 0.25) is 17.5 Å². The number of aliphatic hydroxyl groups is 1. The number of rotatable bonds is 7. The third-order valence-electron chi connectivity index (χ3n) is 4.71. The Morgan fingerprint density at radius 2 is 1.96 bits per heavy atom. The minimum atomic E-state index is 0.143. The molecule has 1 fully saturated rings. The van der Waals surface area contributed by atoms with Gasteiger partial charge in [-0.2, -0.15) is 4.98 Å². The Morgan fingerprint density at radius 3 is 2.65 bits per heavy atom. The fourth-order valence-corrected chi connectivity index (χ4v) is 3.35. The van der Waals surface area contributed by atoms with Crippen LogP contribution in [0.5, 0.6) is 17.2 Å². The summed E-state index contributed by atoms with van der Waals surface area (Å²) in [5, 5.41) is 13.6. The zero-order valence-electron chi connectivity index (χ0n) is 15.4. The van der Waals surface area contributed by atoms with Crippen LogP contribution in [-0.2, 0) is 6.54 Å². The number of likely N-dealkylation sites (tertiary alicyclic amines) is 1. The second kappa shape index (κ2) is 8.37. The van der Waals surface area contributed by atoms with Crippen molar-refractivity contribution in [3.05, 3.63) is 18.0 Å². The molecule has 142 valence electrons. The van der Waals surface area contributed by atoms with Crippen LogP contribution in [0.1, 0.15) is 25.2 Å². The van der Waals surface area contributed by atoms with Crippen LogP contribution in [0.3, 0.4) is 0 Å². The van der Waals surface area contributed by atoms with E-state index < -0.39 is 0 Å². The van der Waals surface area contributed by atoms with E-state index in [1.807, 2.05) is 6.07 Å². The molecule has 3 rings (SSSR count). The van der Waals surface area contributed by atoms with Gasteiger partial charge in [0.05, 0.1) is 40.0 Å². The zero-order valence-corrected chi connectivity index (χ0v) is 15.4.